The number of aliphatic hydroxyl groups is 4. The first-order valence-corrected chi connectivity index (χ1v) is 14.3. The molecular weight excluding hydrogens is 568 g/mol. The van der Waals surface area contributed by atoms with E-state index in [1.54, 1.807) is 26.2 Å². The first-order valence-electron chi connectivity index (χ1n) is 14.3. The van der Waals surface area contributed by atoms with Crippen molar-refractivity contribution in [1.29, 1.82) is 5.26 Å². The fourth-order valence-corrected chi connectivity index (χ4v) is 7.13. The lowest BCUT2D eigenvalue weighted by Crippen LogP contribution is -2.68. The lowest BCUT2D eigenvalue weighted by molar-refractivity contribution is -0.170. The maximum Gasteiger partial charge on any atom is 0.250 e. The van der Waals surface area contributed by atoms with E-state index in [9.17, 15) is 35.1 Å². The minimum atomic E-state index is -2.58. The van der Waals surface area contributed by atoms with Crippen LogP contribution in [0.3, 0.4) is 0 Å². The molecule has 5 rings (SSSR count). The minimum Gasteiger partial charge on any atom is -0.510 e. The Morgan fingerprint density at radius 2 is 1.93 bits per heavy atom. The Kier molecular flexibility index (Phi) is 8.17. The normalized spacial score (nSPS) is 26.2. The van der Waals surface area contributed by atoms with E-state index in [-0.39, 0.29) is 29.7 Å². The SMILES string of the molecule is COc1ccc(CNCCC#N)cc1-c1ccc(O)c2c1C[C@H]1C[C@H]3[C@H](N(C)C)C(O)=C(C(N)=O)[C@@H](O)[C@@]3(O)C(=O)C1=C2O. The smallest absolute Gasteiger partial charge is 0.250 e. The van der Waals surface area contributed by atoms with Crippen LogP contribution in [0.1, 0.15) is 29.5 Å². The number of aromatic hydroxyl groups is 1. The van der Waals surface area contributed by atoms with Crippen LogP contribution in [0.25, 0.3) is 16.9 Å². The molecule has 0 aromatic heterocycles. The number of hydrogen-bond donors (Lipinski definition) is 7. The van der Waals surface area contributed by atoms with Gasteiger partial charge in [0.2, 0.25) is 0 Å². The van der Waals surface area contributed by atoms with Crippen LogP contribution < -0.4 is 15.8 Å². The molecule has 0 aliphatic heterocycles. The van der Waals surface area contributed by atoms with Gasteiger partial charge in [-0.05, 0) is 67.7 Å². The van der Waals surface area contributed by atoms with Gasteiger partial charge in [0.25, 0.3) is 5.91 Å². The summed E-state index contributed by atoms with van der Waals surface area (Å²) in [4.78, 5) is 27.9. The van der Waals surface area contributed by atoms with Gasteiger partial charge in [0, 0.05) is 36.6 Å². The average Bonchev–Trinajstić information content (AvgIpc) is 2.97. The number of carbonyl (C=O) groups is 2. The lowest BCUT2D eigenvalue weighted by atomic mass is 9.56. The van der Waals surface area contributed by atoms with Crippen LogP contribution >= 0.6 is 0 Å². The van der Waals surface area contributed by atoms with Crippen LogP contribution in [0, 0.1) is 23.2 Å². The molecule has 1 amide bonds. The zero-order chi connectivity index (χ0) is 32.1. The van der Waals surface area contributed by atoms with Crippen molar-refractivity contribution in [3.63, 3.8) is 0 Å². The number of phenols is 1. The summed E-state index contributed by atoms with van der Waals surface area (Å²) in [6.07, 6.45) is -1.55. The molecule has 0 heterocycles. The topological polar surface area (TPSA) is 210 Å². The average molecular weight is 605 g/mol. The highest BCUT2D eigenvalue weighted by Gasteiger charge is 2.64. The van der Waals surface area contributed by atoms with Crippen molar-refractivity contribution in [3.8, 4) is 28.7 Å². The Bertz CT molecular complexity index is 1640. The maximum absolute atomic E-state index is 14.1. The second-order valence-corrected chi connectivity index (χ2v) is 11.7. The number of Topliss-reactive ketones (excluding diaryl/α,β-unsaturated/α-hetero) is 1. The van der Waals surface area contributed by atoms with Gasteiger partial charge in [-0.3, -0.25) is 14.5 Å². The molecule has 8 N–H and O–H groups in total. The molecule has 0 radical (unpaired) electrons. The number of carbonyl (C=O) groups excluding carboxylic acids is 2. The molecule has 12 heteroatoms. The highest BCUT2D eigenvalue weighted by molar-refractivity contribution is 6.11. The van der Waals surface area contributed by atoms with E-state index in [4.69, 9.17) is 15.7 Å². The van der Waals surface area contributed by atoms with Crippen molar-refractivity contribution in [2.75, 3.05) is 27.7 Å². The van der Waals surface area contributed by atoms with Crippen molar-refractivity contribution >= 4 is 17.4 Å². The van der Waals surface area contributed by atoms with Gasteiger partial charge in [-0.1, -0.05) is 12.1 Å². The number of rotatable bonds is 8. The van der Waals surface area contributed by atoms with Crippen molar-refractivity contribution in [2.24, 2.45) is 17.6 Å². The molecule has 3 aliphatic carbocycles. The number of nitrogens with zero attached hydrogens (tertiary/aromatic N) is 2. The first kappa shape index (κ1) is 31.0. The summed E-state index contributed by atoms with van der Waals surface area (Å²) in [5.41, 5.74) is 4.85. The second kappa shape index (κ2) is 11.6. The molecule has 0 unspecified atom stereocenters. The molecular formula is C32H36N4O8. The molecule has 0 bridgehead atoms. The van der Waals surface area contributed by atoms with E-state index in [2.05, 4.69) is 11.4 Å². The largest absolute Gasteiger partial charge is 0.510 e. The van der Waals surface area contributed by atoms with Gasteiger partial charge in [-0.25, -0.2) is 0 Å². The molecule has 232 valence electrons. The summed E-state index contributed by atoms with van der Waals surface area (Å²) in [5.74, 6) is -4.71. The highest BCUT2D eigenvalue weighted by Crippen LogP contribution is 2.54. The number of ether oxygens (including phenoxy) is 1. The maximum atomic E-state index is 14.1. The van der Waals surface area contributed by atoms with E-state index in [1.165, 1.54) is 18.1 Å². The minimum absolute atomic E-state index is 0.0201. The third-order valence-corrected chi connectivity index (χ3v) is 9.10. The third-order valence-electron chi connectivity index (χ3n) is 9.10. The molecule has 2 aromatic carbocycles. The number of primary amides is 1. The molecule has 12 nitrogen and oxygen atoms in total. The number of phenolic OH excluding ortho intramolecular Hbond substituents is 1. The number of nitriles is 1. The van der Waals surface area contributed by atoms with Gasteiger partial charge in [0.1, 0.15) is 29.1 Å². The van der Waals surface area contributed by atoms with Gasteiger partial charge in [-0.15, -0.1) is 0 Å². The van der Waals surface area contributed by atoms with Crippen LogP contribution in [0.2, 0.25) is 0 Å². The lowest BCUT2D eigenvalue weighted by Gasteiger charge is -2.53. The summed E-state index contributed by atoms with van der Waals surface area (Å²) in [7, 11) is 4.74. The summed E-state index contributed by atoms with van der Waals surface area (Å²) in [5, 5.41) is 68.6. The number of nitrogens with two attached hydrogens (primary N) is 1. The molecule has 2 aromatic rings. The Balaban J connectivity index is 1.65. The number of benzene rings is 2. The first-order chi connectivity index (χ1) is 20.9. The summed E-state index contributed by atoms with van der Waals surface area (Å²) in [6, 6.07) is 9.78. The van der Waals surface area contributed by atoms with E-state index in [0.29, 0.717) is 42.0 Å². The number of nitrogens with one attached hydrogen (secondary N) is 1. The van der Waals surface area contributed by atoms with Gasteiger partial charge in [-0.2, -0.15) is 5.26 Å². The number of fused-ring (bicyclic) bond motifs is 3. The Morgan fingerprint density at radius 3 is 2.57 bits per heavy atom. The Labute approximate surface area is 254 Å². The molecule has 1 fully saturated rings. The predicted octanol–water partition coefficient (Wildman–Crippen LogP) is 1.43. The number of ketones is 1. The number of methoxy groups -OCH3 is 1. The van der Waals surface area contributed by atoms with Crippen LogP contribution in [-0.2, 0) is 22.6 Å². The second-order valence-electron chi connectivity index (χ2n) is 11.7. The number of hydrogen-bond acceptors (Lipinski definition) is 11. The summed E-state index contributed by atoms with van der Waals surface area (Å²) < 4.78 is 5.66. The number of aliphatic hydroxyl groups excluding tert-OH is 3. The quantitative estimate of drug-likeness (QED) is 0.214. The monoisotopic (exact) mass is 604 g/mol. The summed E-state index contributed by atoms with van der Waals surface area (Å²) >= 11 is 0. The highest BCUT2D eigenvalue weighted by atomic mass is 16.5. The molecule has 44 heavy (non-hydrogen) atoms. The Morgan fingerprint density at radius 1 is 1.20 bits per heavy atom. The fraction of sp³-hybridized carbons (Fsp3) is 0.406. The van der Waals surface area contributed by atoms with Crippen molar-refractivity contribution < 1.29 is 39.9 Å². The van der Waals surface area contributed by atoms with Crippen molar-refractivity contribution in [2.45, 2.75) is 43.6 Å². The van der Waals surface area contributed by atoms with Gasteiger partial charge in [0.05, 0.1) is 30.4 Å². The Hall–Kier alpha value is -4.41. The zero-order valence-electron chi connectivity index (χ0n) is 24.7. The van der Waals surface area contributed by atoms with Crippen LogP contribution in [0.5, 0.6) is 11.5 Å². The number of likely N-dealkylation sites (N-methyl/N-ethyl adjacent to an activating group) is 1. The number of amides is 1. The zero-order valence-corrected chi connectivity index (χ0v) is 24.7. The third kappa shape index (κ3) is 4.69. The predicted molar refractivity (Wildman–Crippen MR) is 159 cm³/mol. The van der Waals surface area contributed by atoms with E-state index in [0.717, 1.165) is 5.56 Å². The van der Waals surface area contributed by atoms with Crippen molar-refractivity contribution in [3.05, 3.63) is 63.9 Å². The van der Waals surface area contributed by atoms with Crippen LogP contribution in [0.15, 0.2) is 47.2 Å². The van der Waals surface area contributed by atoms with Gasteiger partial charge in [0.15, 0.2) is 11.4 Å². The van der Waals surface area contributed by atoms with Gasteiger partial charge < -0.3 is 41.3 Å². The molecule has 5 atom stereocenters. The van der Waals surface area contributed by atoms with E-state index < -0.39 is 58.4 Å². The van der Waals surface area contributed by atoms with Gasteiger partial charge >= 0.3 is 0 Å². The molecule has 0 spiro atoms. The molecule has 0 saturated heterocycles. The molecule has 1 saturated carbocycles. The van der Waals surface area contributed by atoms with Crippen LogP contribution in [0.4, 0.5) is 0 Å². The van der Waals surface area contributed by atoms with Crippen LogP contribution in [-0.4, -0.2) is 87.6 Å². The summed E-state index contributed by atoms with van der Waals surface area (Å²) in [6.45, 7) is 1.01. The fourth-order valence-electron chi connectivity index (χ4n) is 7.13. The molecule has 3 aliphatic rings. The van der Waals surface area contributed by atoms with E-state index >= 15 is 0 Å². The standard InChI is InChI=1S/C32H36N4O8/c1-36(2)26-20-13-16-12-19-17(18-11-15(5-8-22(18)44-3)14-35-10-4-9-33)6-7-21(37)24(19)27(38)23(16)29(40)32(20,43)30(41)25(28(26)39)31(34)42/h5-8,11,16,20,26,30,35,37-39,41,43H,4,10,12-14H2,1-3H3,(H2,34,42)/t16-,20-,26-,30+,32-/m0/s1. The van der Waals surface area contributed by atoms with E-state index in [1.807, 2.05) is 12.1 Å². The van der Waals surface area contributed by atoms with Crippen molar-refractivity contribution in [1.82, 2.24) is 10.2 Å².